The van der Waals surface area contributed by atoms with E-state index in [1.807, 2.05) is 19.4 Å². The number of nitrogens with one attached hydrogen (secondary N) is 1. The molecule has 0 radical (unpaired) electrons. The van der Waals surface area contributed by atoms with Gasteiger partial charge in [0.2, 0.25) is 0 Å². The van der Waals surface area contributed by atoms with Crippen LogP contribution < -0.4 is 5.32 Å². The van der Waals surface area contributed by atoms with E-state index >= 15 is 0 Å². The van der Waals surface area contributed by atoms with Gasteiger partial charge in [0.15, 0.2) is 0 Å². The van der Waals surface area contributed by atoms with Crippen molar-refractivity contribution in [2.24, 2.45) is 0 Å². The van der Waals surface area contributed by atoms with E-state index in [4.69, 9.17) is 0 Å². The minimum absolute atomic E-state index is 0.210. The van der Waals surface area contributed by atoms with Gasteiger partial charge in [-0.3, -0.25) is 4.98 Å². The molecule has 0 amide bonds. The van der Waals surface area contributed by atoms with Gasteiger partial charge in [-0.15, -0.1) is 0 Å². The molecule has 0 unspecified atom stereocenters. The topological polar surface area (TPSA) is 24.9 Å². The first-order valence-corrected chi connectivity index (χ1v) is 5.13. The third-order valence-electron chi connectivity index (χ3n) is 2.66. The first-order chi connectivity index (χ1) is 6.56. The molecule has 1 aromatic heterocycles. The average Bonchev–Trinajstić information content (AvgIpc) is 2.15. The molecule has 0 atom stereocenters. The van der Waals surface area contributed by atoms with Gasteiger partial charge in [0.1, 0.15) is 0 Å². The Morgan fingerprint density at radius 1 is 1.36 bits per heavy atom. The third kappa shape index (κ3) is 2.81. The van der Waals surface area contributed by atoms with Crippen LogP contribution in [0.4, 0.5) is 0 Å². The Morgan fingerprint density at radius 2 is 2.07 bits per heavy atom. The van der Waals surface area contributed by atoms with E-state index in [-0.39, 0.29) is 5.41 Å². The first kappa shape index (κ1) is 11.2. The summed E-state index contributed by atoms with van der Waals surface area (Å²) < 4.78 is 0. The van der Waals surface area contributed by atoms with Crippen LogP contribution in [0.3, 0.4) is 0 Å². The van der Waals surface area contributed by atoms with Crippen molar-refractivity contribution in [3.8, 4) is 0 Å². The van der Waals surface area contributed by atoms with Crippen LogP contribution in [0.15, 0.2) is 18.5 Å². The molecule has 0 aliphatic heterocycles. The highest BCUT2D eigenvalue weighted by atomic mass is 14.8. The van der Waals surface area contributed by atoms with Crippen LogP contribution in [-0.4, -0.2) is 18.6 Å². The molecule has 1 aromatic rings. The number of nitrogens with zero attached hydrogens (tertiary/aromatic N) is 1. The number of rotatable bonds is 4. The second kappa shape index (κ2) is 4.56. The van der Waals surface area contributed by atoms with Crippen LogP contribution >= 0.6 is 0 Å². The van der Waals surface area contributed by atoms with Crippen LogP contribution in [0.5, 0.6) is 0 Å². The molecule has 2 heteroatoms. The lowest BCUT2D eigenvalue weighted by Crippen LogP contribution is -2.23. The van der Waals surface area contributed by atoms with Gasteiger partial charge < -0.3 is 5.32 Å². The van der Waals surface area contributed by atoms with E-state index in [1.54, 1.807) is 0 Å². The summed E-state index contributed by atoms with van der Waals surface area (Å²) in [5.74, 6) is 0. The van der Waals surface area contributed by atoms with Gasteiger partial charge in [0.25, 0.3) is 0 Å². The lowest BCUT2D eigenvalue weighted by Gasteiger charge is -2.25. The molecule has 0 aliphatic rings. The van der Waals surface area contributed by atoms with Crippen molar-refractivity contribution >= 4 is 0 Å². The van der Waals surface area contributed by atoms with Crippen molar-refractivity contribution in [2.45, 2.75) is 32.6 Å². The Balaban J connectivity index is 2.80. The Hall–Kier alpha value is -0.890. The van der Waals surface area contributed by atoms with Crippen LogP contribution in [0, 0.1) is 6.92 Å². The lowest BCUT2D eigenvalue weighted by molar-refractivity contribution is 0.467. The van der Waals surface area contributed by atoms with Gasteiger partial charge in [-0.2, -0.15) is 0 Å². The molecule has 1 heterocycles. The highest BCUT2D eigenvalue weighted by molar-refractivity contribution is 5.24. The van der Waals surface area contributed by atoms with Crippen molar-refractivity contribution in [3.05, 3.63) is 29.6 Å². The number of pyridine rings is 1. The molecular formula is C12H20N2. The molecule has 0 aromatic carbocycles. The minimum Gasteiger partial charge on any atom is -0.320 e. The fraction of sp³-hybridized carbons (Fsp3) is 0.583. The SMILES string of the molecule is CNCCC(C)(C)c1cncc(C)c1. The molecule has 0 bridgehead atoms. The molecule has 2 nitrogen and oxygen atoms in total. The smallest absolute Gasteiger partial charge is 0.0305 e. The summed E-state index contributed by atoms with van der Waals surface area (Å²) in [4.78, 5) is 4.24. The van der Waals surface area contributed by atoms with Gasteiger partial charge in [0, 0.05) is 12.4 Å². The van der Waals surface area contributed by atoms with Gasteiger partial charge in [-0.05, 0) is 43.5 Å². The van der Waals surface area contributed by atoms with E-state index < -0.39 is 0 Å². The van der Waals surface area contributed by atoms with E-state index in [1.165, 1.54) is 11.1 Å². The van der Waals surface area contributed by atoms with Crippen LogP contribution in [0.1, 0.15) is 31.4 Å². The summed E-state index contributed by atoms with van der Waals surface area (Å²) in [6.07, 6.45) is 5.01. The Kier molecular flexibility index (Phi) is 3.64. The molecular weight excluding hydrogens is 172 g/mol. The Bertz CT molecular complexity index is 292. The number of aryl methyl sites for hydroxylation is 1. The predicted molar refractivity (Wildman–Crippen MR) is 60.5 cm³/mol. The molecule has 14 heavy (non-hydrogen) atoms. The summed E-state index contributed by atoms with van der Waals surface area (Å²) in [6.45, 7) is 7.66. The highest BCUT2D eigenvalue weighted by Gasteiger charge is 2.19. The van der Waals surface area contributed by atoms with Crippen LogP contribution in [0.2, 0.25) is 0 Å². The van der Waals surface area contributed by atoms with Gasteiger partial charge in [-0.25, -0.2) is 0 Å². The maximum absolute atomic E-state index is 4.24. The number of aromatic nitrogens is 1. The van der Waals surface area contributed by atoms with Crippen LogP contribution in [-0.2, 0) is 5.41 Å². The van der Waals surface area contributed by atoms with E-state index in [0.29, 0.717) is 0 Å². The first-order valence-electron chi connectivity index (χ1n) is 5.13. The summed E-state index contributed by atoms with van der Waals surface area (Å²) in [5.41, 5.74) is 2.77. The maximum atomic E-state index is 4.24. The number of hydrogen-bond donors (Lipinski definition) is 1. The second-order valence-corrected chi connectivity index (χ2v) is 4.49. The van der Waals surface area contributed by atoms with Gasteiger partial charge in [0.05, 0.1) is 0 Å². The molecule has 1 rings (SSSR count). The monoisotopic (exact) mass is 192 g/mol. The van der Waals surface area contributed by atoms with E-state index in [9.17, 15) is 0 Å². The van der Waals surface area contributed by atoms with Crippen molar-refractivity contribution in [3.63, 3.8) is 0 Å². The summed E-state index contributed by atoms with van der Waals surface area (Å²) in [5, 5.41) is 3.19. The van der Waals surface area contributed by atoms with Gasteiger partial charge in [-0.1, -0.05) is 19.9 Å². The normalized spacial score (nSPS) is 11.7. The maximum Gasteiger partial charge on any atom is 0.0305 e. The van der Waals surface area contributed by atoms with Crippen molar-refractivity contribution < 1.29 is 0 Å². The molecule has 1 N–H and O–H groups in total. The molecule has 0 spiro atoms. The van der Waals surface area contributed by atoms with Crippen molar-refractivity contribution in [2.75, 3.05) is 13.6 Å². The highest BCUT2D eigenvalue weighted by Crippen LogP contribution is 2.26. The molecule has 0 fully saturated rings. The minimum atomic E-state index is 0.210. The average molecular weight is 192 g/mol. The zero-order chi connectivity index (χ0) is 10.6. The molecule has 0 saturated heterocycles. The standard InChI is InChI=1S/C12H20N2/c1-10-7-11(9-14-8-10)12(2,3)5-6-13-4/h7-9,13H,5-6H2,1-4H3. The summed E-state index contributed by atoms with van der Waals surface area (Å²) in [6, 6.07) is 2.22. The van der Waals surface area contributed by atoms with E-state index in [2.05, 4.69) is 37.1 Å². The van der Waals surface area contributed by atoms with Gasteiger partial charge >= 0.3 is 0 Å². The number of hydrogen-bond acceptors (Lipinski definition) is 2. The molecule has 0 aliphatic carbocycles. The Morgan fingerprint density at radius 3 is 2.64 bits per heavy atom. The Labute approximate surface area is 86.8 Å². The third-order valence-corrected chi connectivity index (χ3v) is 2.66. The van der Waals surface area contributed by atoms with Crippen molar-refractivity contribution in [1.29, 1.82) is 0 Å². The summed E-state index contributed by atoms with van der Waals surface area (Å²) in [7, 11) is 1.99. The summed E-state index contributed by atoms with van der Waals surface area (Å²) >= 11 is 0. The molecule has 78 valence electrons. The predicted octanol–water partition coefficient (Wildman–Crippen LogP) is 2.28. The zero-order valence-electron chi connectivity index (χ0n) is 9.59. The van der Waals surface area contributed by atoms with Crippen molar-refractivity contribution in [1.82, 2.24) is 10.3 Å². The fourth-order valence-corrected chi connectivity index (χ4v) is 1.51. The quantitative estimate of drug-likeness (QED) is 0.791. The zero-order valence-corrected chi connectivity index (χ0v) is 9.59. The fourth-order valence-electron chi connectivity index (χ4n) is 1.51. The molecule has 0 saturated carbocycles. The second-order valence-electron chi connectivity index (χ2n) is 4.49. The van der Waals surface area contributed by atoms with E-state index in [0.717, 1.165) is 13.0 Å². The largest absolute Gasteiger partial charge is 0.320 e. The van der Waals surface area contributed by atoms with Crippen LogP contribution in [0.25, 0.3) is 0 Å². The lowest BCUT2D eigenvalue weighted by atomic mass is 9.82.